The van der Waals surface area contributed by atoms with Crippen LogP contribution in [0.2, 0.25) is 0 Å². The highest BCUT2D eigenvalue weighted by molar-refractivity contribution is 5.34. The predicted molar refractivity (Wildman–Crippen MR) is 80.1 cm³/mol. The van der Waals surface area contributed by atoms with E-state index in [4.69, 9.17) is 5.73 Å². The lowest BCUT2D eigenvalue weighted by molar-refractivity contribution is 0.217. The van der Waals surface area contributed by atoms with E-state index in [-0.39, 0.29) is 5.95 Å². The monoisotopic (exact) mass is 288 g/mol. The van der Waals surface area contributed by atoms with E-state index in [1.165, 1.54) is 19.4 Å². The molecule has 1 atom stereocenters. The fourth-order valence-corrected chi connectivity index (χ4v) is 2.62. The van der Waals surface area contributed by atoms with Gasteiger partial charge in [-0.1, -0.05) is 0 Å². The first-order valence-electron chi connectivity index (χ1n) is 7.14. The zero-order chi connectivity index (χ0) is 14.7. The number of rotatable bonds is 4. The summed E-state index contributed by atoms with van der Waals surface area (Å²) in [7, 11) is 2.16. The van der Waals surface area contributed by atoms with Gasteiger partial charge < -0.3 is 16.0 Å². The molecule has 0 aromatic carbocycles. The summed E-state index contributed by atoms with van der Waals surface area (Å²) in [6.45, 7) is 3.12. The second-order valence-corrected chi connectivity index (χ2v) is 5.42. The molecule has 0 radical (unpaired) electrons. The van der Waals surface area contributed by atoms with Crippen LogP contribution in [-0.2, 0) is 0 Å². The summed E-state index contributed by atoms with van der Waals surface area (Å²) in [5, 5.41) is 7.37. The molecule has 2 aromatic heterocycles. The first kappa shape index (κ1) is 13.7. The molecule has 112 valence electrons. The molecule has 0 aliphatic carbocycles. The van der Waals surface area contributed by atoms with Gasteiger partial charge >= 0.3 is 0 Å². The number of nitrogens with one attached hydrogen (secondary N) is 1. The van der Waals surface area contributed by atoms with Gasteiger partial charge in [-0.3, -0.25) is 0 Å². The molecule has 21 heavy (non-hydrogen) atoms. The summed E-state index contributed by atoms with van der Waals surface area (Å²) in [4.78, 5) is 14.9. The van der Waals surface area contributed by atoms with Crippen LogP contribution in [0.5, 0.6) is 0 Å². The molecule has 1 aliphatic heterocycles. The van der Waals surface area contributed by atoms with Gasteiger partial charge in [-0.2, -0.15) is 20.1 Å². The summed E-state index contributed by atoms with van der Waals surface area (Å²) in [5.74, 6) is 1.73. The third kappa shape index (κ3) is 3.46. The Labute approximate surface area is 123 Å². The van der Waals surface area contributed by atoms with Crippen molar-refractivity contribution in [2.24, 2.45) is 5.92 Å². The second kappa shape index (κ2) is 6.04. The normalized spacial score (nSPS) is 19.6. The van der Waals surface area contributed by atoms with Crippen molar-refractivity contribution in [1.82, 2.24) is 29.6 Å². The van der Waals surface area contributed by atoms with Gasteiger partial charge in [0.05, 0.1) is 0 Å². The van der Waals surface area contributed by atoms with Crippen molar-refractivity contribution < 1.29 is 0 Å². The smallest absolute Gasteiger partial charge is 0.257 e. The third-order valence-corrected chi connectivity index (χ3v) is 3.62. The Bertz CT molecular complexity index is 582. The average Bonchev–Trinajstić information content (AvgIpc) is 2.99. The first-order chi connectivity index (χ1) is 10.2. The van der Waals surface area contributed by atoms with E-state index in [1.54, 1.807) is 17.1 Å². The van der Waals surface area contributed by atoms with Crippen LogP contribution in [0.3, 0.4) is 0 Å². The van der Waals surface area contributed by atoms with Gasteiger partial charge in [0.1, 0.15) is 0 Å². The molecule has 0 amide bonds. The number of piperidine rings is 1. The molecule has 2 aromatic rings. The number of aromatic nitrogens is 5. The van der Waals surface area contributed by atoms with Crippen LogP contribution >= 0.6 is 0 Å². The maximum absolute atomic E-state index is 5.74. The van der Waals surface area contributed by atoms with E-state index in [2.05, 4.69) is 37.3 Å². The van der Waals surface area contributed by atoms with Crippen LogP contribution in [0.4, 0.5) is 11.9 Å². The minimum atomic E-state index is 0.193. The molecule has 8 heteroatoms. The van der Waals surface area contributed by atoms with Crippen molar-refractivity contribution >= 4 is 11.9 Å². The predicted octanol–water partition coefficient (Wildman–Crippen LogP) is 0.393. The van der Waals surface area contributed by atoms with E-state index in [0.717, 1.165) is 13.1 Å². The fourth-order valence-electron chi connectivity index (χ4n) is 2.62. The summed E-state index contributed by atoms with van der Waals surface area (Å²) < 4.78 is 1.57. The lowest BCUT2D eigenvalue weighted by atomic mass is 9.99. The van der Waals surface area contributed by atoms with Crippen molar-refractivity contribution in [3.8, 4) is 5.95 Å². The average molecular weight is 288 g/mol. The molecule has 3 rings (SSSR count). The van der Waals surface area contributed by atoms with Crippen LogP contribution in [0, 0.1) is 5.92 Å². The van der Waals surface area contributed by atoms with Crippen molar-refractivity contribution in [2.75, 3.05) is 37.7 Å². The fraction of sp³-hybridized carbons (Fsp3) is 0.538. The van der Waals surface area contributed by atoms with E-state index in [1.807, 2.05) is 6.07 Å². The summed E-state index contributed by atoms with van der Waals surface area (Å²) in [5.41, 5.74) is 5.74. The maximum Gasteiger partial charge on any atom is 0.257 e. The molecule has 1 aliphatic rings. The van der Waals surface area contributed by atoms with E-state index < -0.39 is 0 Å². The molecular formula is C13H20N8. The Morgan fingerprint density at radius 1 is 1.38 bits per heavy atom. The largest absolute Gasteiger partial charge is 0.368 e. The quantitative estimate of drug-likeness (QED) is 0.840. The first-order valence-corrected chi connectivity index (χ1v) is 7.14. The molecule has 8 nitrogen and oxygen atoms in total. The maximum atomic E-state index is 5.74. The number of anilines is 2. The number of nitrogens with zero attached hydrogens (tertiary/aromatic N) is 6. The minimum absolute atomic E-state index is 0.193. The Balaban J connectivity index is 1.68. The molecule has 0 saturated carbocycles. The van der Waals surface area contributed by atoms with Crippen molar-refractivity contribution in [3.05, 3.63) is 18.5 Å². The summed E-state index contributed by atoms with van der Waals surface area (Å²) >= 11 is 0. The molecule has 1 fully saturated rings. The lowest BCUT2D eigenvalue weighted by Crippen LogP contribution is -2.35. The molecule has 1 saturated heterocycles. The van der Waals surface area contributed by atoms with Gasteiger partial charge in [-0.25, -0.2) is 4.68 Å². The minimum Gasteiger partial charge on any atom is -0.368 e. The highest BCUT2D eigenvalue weighted by Gasteiger charge is 2.17. The standard InChI is InChI=1S/C13H20N8/c1-20-6-2-4-10(9-20)8-15-12-17-11(14)18-13(19-12)21-7-3-5-16-21/h3,5,7,10H,2,4,6,8-9H2,1H3,(H3,14,15,17,18,19). The van der Waals surface area contributed by atoms with Crippen LogP contribution < -0.4 is 11.1 Å². The van der Waals surface area contributed by atoms with Gasteiger partial charge in [0.2, 0.25) is 11.9 Å². The SMILES string of the molecule is CN1CCCC(CNc2nc(N)nc(-n3cccn3)n2)C1. The van der Waals surface area contributed by atoms with Crippen LogP contribution in [0.25, 0.3) is 5.95 Å². The number of likely N-dealkylation sites (tertiary alicyclic amines) is 1. The highest BCUT2D eigenvalue weighted by atomic mass is 15.4. The summed E-state index contributed by atoms with van der Waals surface area (Å²) in [6, 6.07) is 1.81. The van der Waals surface area contributed by atoms with Gasteiger partial charge in [-0.05, 0) is 38.4 Å². The zero-order valence-corrected chi connectivity index (χ0v) is 12.1. The Morgan fingerprint density at radius 3 is 3.05 bits per heavy atom. The van der Waals surface area contributed by atoms with Gasteiger partial charge in [0.25, 0.3) is 5.95 Å². The molecule has 0 bridgehead atoms. The Hall–Kier alpha value is -2.22. The number of nitrogen functional groups attached to an aromatic ring is 1. The van der Waals surface area contributed by atoms with E-state index in [9.17, 15) is 0 Å². The second-order valence-electron chi connectivity index (χ2n) is 5.42. The van der Waals surface area contributed by atoms with Crippen LogP contribution in [-0.4, -0.2) is 56.3 Å². The number of hydrogen-bond acceptors (Lipinski definition) is 7. The number of nitrogens with two attached hydrogens (primary N) is 1. The zero-order valence-electron chi connectivity index (χ0n) is 12.1. The van der Waals surface area contributed by atoms with Crippen molar-refractivity contribution in [3.63, 3.8) is 0 Å². The van der Waals surface area contributed by atoms with Crippen molar-refractivity contribution in [2.45, 2.75) is 12.8 Å². The molecule has 1 unspecified atom stereocenters. The van der Waals surface area contributed by atoms with Gasteiger partial charge in [-0.15, -0.1) is 0 Å². The highest BCUT2D eigenvalue weighted by Crippen LogP contribution is 2.15. The van der Waals surface area contributed by atoms with Crippen molar-refractivity contribution in [1.29, 1.82) is 0 Å². The molecular weight excluding hydrogens is 268 g/mol. The van der Waals surface area contributed by atoms with Crippen LogP contribution in [0.15, 0.2) is 18.5 Å². The summed E-state index contributed by atoms with van der Waals surface area (Å²) in [6.07, 6.45) is 5.91. The van der Waals surface area contributed by atoms with Gasteiger partial charge in [0.15, 0.2) is 0 Å². The molecule has 0 spiro atoms. The van der Waals surface area contributed by atoms with Crippen LogP contribution in [0.1, 0.15) is 12.8 Å². The Kier molecular flexibility index (Phi) is 3.96. The molecule has 3 N–H and O–H groups in total. The number of hydrogen-bond donors (Lipinski definition) is 2. The van der Waals surface area contributed by atoms with Gasteiger partial charge in [0, 0.05) is 25.5 Å². The van der Waals surface area contributed by atoms with E-state index >= 15 is 0 Å². The third-order valence-electron chi connectivity index (χ3n) is 3.62. The topological polar surface area (TPSA) is 97.8 Å². The lowest BCUT2D eigenvalue weighted by Gasteiger charge is -2.29. The van der Waals surface area contributed by atoms with E-state index in [0.29, 0.717) is 17.8 Å². The Morgan fingerprint density at radius 2 is 2.29 bits per heavy atom. The molecule has 3 heterocycles.